The number of rotatable bonds is 6. The summed E-state index contributed by atoms with van der Waals surface area (Å²) in [6.07, 6.45) is 0.529. The van der Waals surface area contributed by atoms with E-state index < -0.39 is 5.97 Å². The molecular formula is C13H24N2O4S. The molecule has 2 amide bonds. The fourth-order valence-corrected chi connectivity index (χ4v) is 3.32. The second-order valence-electron chi connectivity index (χ2n) is 5.17. The van der Waals surface area contributed by atoms with Crippen LogP contribution in [0.2, 0.25) is 0 Å². The molecule has 1 heterocycles. The fraction of sp³-hybridized carbons (Fsp3) is 0.846. The van der Waals surface area contributed by atoms with Crippen molar-refractivity contribution >= 4 is 23.8 Å². The first-order valence-corrected chi connectivity index (χ1v) is 8.10. The van der Waals surface area contributed by atoms with Crippen molar-refractivity contribution in [2.24, 2.45) is 0 Å². The van der Waals surface area contributed by atoms with Crippen molar-refractivity contribution in [3.63, 3.8) is 0 Å². The number of hydrogen-bond donors (Lipinski definition) is 2. The Balaban J connectivity index is 2.75. The molecule has 7 heteroatoms. The van der Waals surface area contributed by atoms with E-state index in [0.29, 0.717) is 25.3 Å². The van der Waals surface area contributed by atoms with Crippen molar-refractivity contribution < 1.29 is 19.8 Å². The summed E-state index contributed by atoms with van der Waals surface area (Å²) >= 11 is 1.69. The first kappa shape index (κ1) is 17.1. The number of hydrogen-bond acceptors (Lipinski definition) is 4. The van der Waals surface area contributed by atoms with Gasteiger partial charge < -0.3 is 20.0 Å². The number of carbonyl (C=O) groups excluding carboxylic acids is 1. The largest absolute Gasteiger partial charge is 0.481 e. The number of urea groups is 1. The monoisotopic (exact) mass is 304 g/mol. The minimum atomic E-state index is -0.873. The Bertz CT molecular complexity index is 338. The van der Waals surface area contributed by atoms with Crippen LogP contribution in [0.15, 0.2) is 0 Å². The first-order valence-electron chi connectivity index (χ1n) is 6.95. The number of nitrogens with zero attached hydrogens (tertiary/aromatic N) is 2. The van der Waals surface area contributed by atoms with Gasteiger partial charge in [0.15, 0.2) is 0 Å². The number of aliphatic carboxylic acids is 1. The summed E-state index contributed by atoms with van der Waals surface area (Å²) < 4.78 is 0. The minimum Gasteiger partial charge on any atom is -0.481 e. The number of carboxylic acids is 1. The molecular weight excluding hydrogens is 280 g/mol. The van der Waals surface area contributed by atoms with Crippen LogP contribution in [0.5, 0.6) is 0 Å². The maximum atomic E-state index is 12.6. The predicted octanol–water partition coefficient (Wildman–Crippen LogP) is 1.09. The number of carbonyl (C=O) groups is 2. The minimum absolute atomic E-state index is 0.00925. The van der Waals surface area contributed by atoms with Crippen molar-refractivity contribution in [2.45, 2.75) is 38.8 Å². The summed E-state index contributed by atoms with van der Waals surface area (Å²) in [6.45, 7) is 4.99. The van der Waals surface area contributed by atoms with E-state index in [2.05, 4.69) is 0 Å². The van der Waals surface area contributed by atoms with Crippen LogP contribution in [-0.2, 0) is 4.79 Å². The van der Waals surface area contributed by atoms with Crippen molar-refractivity contribution in [2.75, 3.05) is 31.2 Å². The van der Waals surface area contributed by atoms with Crippen molar-refractivity contribution in [3.05, 3.63) is 0 Å². The van der Waals surface area contributed by atoms with Crippen molar-refractivity contribution in [3.8, 4) is 0 Å². The van der Waals surface area contributed by atoms with Crippen LogP contribution in [0.4, 0.5) is 4.79 Å². The summed E-state index contributed by atoms with van der Waals surface area (Å²) in [4.78, 5) is 26.9. The van der Waals surface area contributed by atoms with E-state index in [1.165, 1.54) is 0 Å². The van der Waals surface area contributed by atoms with Crippen LogP contribution in [0.3, 0.4) is 0 Å². The molecule has 0 aromatic heterocycles. The van der Waals surface area contributed by atoms with Gasteiger partial charge in [-0.3, -0.25) is 4.79 Å². The second kappa shape index (κ2) is 8.36. The van der Waals surface area contributed by atoms with Gasteiger partial charge in [0.25, 0.3) is 0 Å². The molecule has 0 saturated carbocycles. The maximum absolute atomic E-state index is 12.6. The Morgan fingerprint density at radius 1 is 1.45 bits per heavy atom. The Kier molecular flexibility index (Phi) is 7.15. The third kappa shape index (κ3) is 4.86. The summed E-state index contributed by atoms with van der Waals surface area (Å²) in [5, 5.41) is 17.9. The Morgan fingerprint density at radius 2 is 2.15 bits per heavy atom. The number of aliphatic hydroxyl groups excluding tert-OH is 1. The predicted molar refractivity (Wildman–Crippen MR) is 79.0 cm³/mol. The van der Waals surface area contributed by atoms with Gasteiger partial charge in [0.05, 0.1) is 12.5 Å². The van der Waals surface area contributed by atoms with E-state index >= 15 is 0 Å². The van der Waals surface area contributed by atoms with Crippen LogP contribution in [0.1, 0.15) is 26.7 Å². The van der Waals surface area contributed by atoms with E-state index in [9.17, 15) is 9.59 Å². The number of aliphatic hydroxyl groups is 1. The van der Waals surface area contributed by atoms with E-state index in [0.717, 1.165) is 5.75 Å². The molecule has 1 atom stereocenters. The quantitative estimate of drug-likeness (QED) is 0.768. The number of carboxylic acid groups (broad SMARTS) is 1. The zero-order chi connectivity index (χ0) is 15.1. The molecule has 1 saturated heterocycles. The van der Waals surface area contributed by atoms with Gasteiger partial charge in [0.1, 0.15) is 0 Å². The van der Waals surface area contributed by atoms with Crippen LogP contribution in [-0.4, -0.2) is 75.3 Å². The highest BCUT2D eigenvalue weighted by Gasteiger charge is 2.32. The standard InChI is InChI=1S/C13H24N2O4S/c1-10(2)14(4-3-6-16)13(19)15-5-7-20-9-11(15)8-12(17)18/h10-11,16H,3-9H2,1-2H3,(H,17,18). The molecule has 0 radical (unpaired) electrons. The molecule has 20 heavy (non-hydrogen) atoms. The zero-order valence-corrected chi connectivity index (χ0v) is 12.9. The number of thioether (sulfide) groups is 1. The molecule has 1 unspecified atom stereocenters. The average molecular weight is 304 g/mol. The highest BCUT2D eigenvalue weighted by Crippen LogP contribution is 2.21. The van der Waals surface area contributed by atoms with Crippen LogP contribution >= 0.6 is 11.8 Å². The highest BCUT2D eigenvalue weighted by molar-refractivity contribution is 7.99. The van der Waals surface area contributed by atoms with Crippen molar-refractivity contribution in [1.29, 1.82) is 0 Å². The van der Waals surface area contributed by atoms with Gasteiger partial charge in [-0.2, -0.15) is 11.8 Å². The van der Waals surface area contributed by atoms with Gasteiger partial charge in [0.2, 0.25) is 0 Å². The maximum Gasteiger partial charge on any atom is 0.320 e. The molecule has 6 nitrogen and oxygen atoms in total. The molecule has 0 aromatic carbocycles. The second-order valence-corrected chi connectivity index (χ2v) is 6.32. The molecule has 1 rings (SSSR count). The zero-order valence-electron chi connectivity index (χ0n) is 12.1. The van der Waals surface area contributed by atoms with Crippen LogP contribution in [0, 0.1) is 0 Å². The lowest BCUT2D eigenvalue weighted by Gasteiger charge is -2.39. The summed E-state index contributed by atoms with van der Waals surface area (Å²) in [5.41, 5.74) is 0. The number of amides is 2. The van der Waals surface area contributed by atoms with Gasteiger partial charge >= 0.3 is 12.0 Å². The molecule has 2 N–H and O–H groups in total. The Hall–Kier alpha value is -0.950. The molecule has 0 spiro atoms. The van der Waals surface area contributed by atoms with Crippen molar-refractivity contribution in [1.82, 2.24) is 9.80 Å². The summed E-state index contributed by atoms with van der Waals surface area (Å²) in [7, 11) is 0. The molecule has 1 aliphatic heterocycles. The third-order valence-electron chi connectivity index (χ3n) is 3.31. The van der Waals surface area contributed by atoms with Gasteiger partial charge in [-0.25, -0.2) is 4.79 Å². The molecule has 1 fully saturated rings. The highest BCUT2D eigenvalue weighted by atomic mass is 32.2. The summed E-state index contributed by atoms with van der Waals surface area (Å²) in [5.74, 6) is 0.638. The normalized spacial score (nSPS) is 19.2. The first-order chi connectivity index (χ1) is 9.47. The van der Waals surface area contributed by atoms with E-state index in [4.69, 9.17) is 10.2 Å². The van der Waals surface area contributed by atoms with Crippen LogP contribution in [0.25, 0.3) is 0 Å². The Morgan fingerprint density at radius 3 is 2.70 bits per heavy atom. The van der Waals surface area contributed by atoms with Gasteiger partial charge in [-0.15, -0.1) is 0 Å². The molecule has 1 aliphatic rings. The molecule has 0 aliphatic carbocycles. The topological polar surface area (TPSA) is 81.1 Å². The third-order valence-corrected chi connectivity index (χ3v) is 4.40. The SMILES string of the molecule is CC(C)N(CCCO)C(=O)N1CCSCC1CC(=O)O. The lowest BCUT2D eigenvalue weighted by molar-refractivity contribution is -0.138. The van der Waals surface area contributed by atoms with Gasteiger partial charge in [0, 0.05) is 37.2 Å². The van der Waals surface area contributed by atoms with Gasteiger partial charge in [-0.05, 0) is 20.3 Å². The molecule has 0 aromatic rings. The Labute approximate surface area is 124 Å². The smallest absolute Gasteiger partial charge is 0.320 e. The van der Waals surface area contributed by atoms with Crippen LogP contribution < -0.4 is 0 Å². The fourth-order valence-electron chi connectivity index (χ4n) is 2.26. The van der Waals surface area contributed by atoms with Gasteiger partial charge in [-0.1, -0.05) is 0 Å². The lowest BCUT2D eigenvalue weighted by Crippen LogP contribution is -2.54. The molecule has 0 bridgehead atoms. The van der Waals surface area contributed by atoms with E-state index in [1.807, 2.05) is 13.8 Å². The average Bonchev–Trinajstić information content (AvgIpc) is 2.38. The molecule has 116 valence electrons. The van der Waals surface area contributed by atoms with E-state index in [-0.39, 0.29) is 31.1 Å². The summed E-state index contributed by atoms with van der Waals surface area (Å²) in [6, 6.07) is -0.316. The van der Waals surface area contributed by atoms with E-state index in [1.54, 1.807) is 21.6 Å². The lowest BCUT2D eigenvalue weighted by atomic mass is 10.2.